The predicted octanol–water partition coefficient (Wildman–Crippen LogP) is 4.74. The molecule has 4 heteroatoms. The Morgan fingerprint density at radius 2 is 1.95 bits per heavy atom. The molecule has 0 aliphatic rings. The van der Waals surface area contributed by atoms with E-state index in [0.29, 0.717) is 5.02 Å². The SMILES string of the molecule is CSc1ccccc1Oc1ccc(Cl)cc1CC(C)N. The van der Waals surface area contributed by atoms with Crippen molar-refractivity contribution in [2.75, 3.05) is 6.26 Å². The summed E-state index contributed by atoms with van der Waals surface area (Å²) in [5, 5.41) is 0.700. The van der Waals surface area contributed by atoms with Crippen molar-refractivity contribution in [2.24, 2.45) is 5.73 Å². The highest BCUT2D eigenvalue weighted by atomic mass is 35.5. The highest BCUT2D eigenvalue weighted by molar-refractivity contribution is 7.98. The van der Waals surface area contributed by atoms with Gasteiger partial charge in [0.2, 0.25) is 0 Å². The van der Waals surface area contributed by atoms with E-state index in [1.54, 1.807) is 11.8 Å². The Kier molecular flexibility index (Phi) is 5.35. The van der Waals surface area contributed by atoms with Gasteiger partial charge in [-0.15, -0.1) is 11.8 Å². The highest BCUT2D eigenvalue weighted by Crippen LogP contribution is 2.34. The third kappa shape index (κ3) is 3.92. The van der Waals surface area contributed by atoms with Gasteiger partial charge in [-0.2, -0.15) is 0 Å². The molecule has 0 aliphatic carbocycles. The zero-order chi connectivity index (χ0) is 14.5. The van der Waals surface area contributed by atoms with Gasteiger partial charge >= 0.3 is 0 Å². The molecular weight excluding hydrogens is 290 g/mol. The minimum absolute atomic E-state index is 0.0617. The van der Waals surface area contributed by atoms with Crippen molar-refractivity contribution in [2.45, 2.75) is 24.3 Å². The van der Waals surface area contributed by atoms with Gasteiger partial charge < -0.3 is 10.5 Å². The summed E-state index contributed by atoms with van der Waals surface area (Å²) in [6.07, 6.45) is 2.77. The molecule has 0 heterocycles. The lowest BCUT2D eigenvalue weighted by atomic mass is 10.1. The molecule has 1 atom stereocenters. The minimum Gasteiger partial charge on any atom is -0.456 e. The number of para-hydroxylation sites is 1. The van der Waals surface area contributed by atoms with E-state index in [1.807, 2.05) is 55.6 Å². The molecule has 106 valence electrons. The maximum atomic E-state index is 6.06. The van der Waals surface area contributed by atoms with Crippen LogP contribution < -0.4 is 10.5 Å². The van der Waals surface area contributed by atoms with Crippen molar-refractivity contribution >= 4 is 23.4 Å². The normalized spacial score (nSPS) is 12.2. The van der Waals surface area contributed by atoms with Crippen LogP contribution in [0, 0.1) is 0 Å². The van der Waals surface area contributed by atoms with Gasteiger partial charge in [0, 0.05) is 16.0 Å². The number of hydrogen-bond acceptors (Lipinski definition) is 3. The molecule has 0 aliphatic heterocycles. The Morgan fingerprint density at radius 3 is 2.65 bits per heavy atom. The Morgan fingerprint density at radius 1 is 1.20 bits per heavy atom. The van der Waals surface area contributed by atoms with Crippen molar-refractivity contribution in [1.82, 2.24) is 0 Å². The summed E-state index contributed by atoms with van der Waals surface area (Å²) in [4.78, 5) is 1.11. The van der Waals surface area contributed by atoms with Crippen LogP contribution in [0.1, 0.15) is 12.5 Å². The smallest absolute Gasteiger partial charge is 0.140 e. The zero-order valence-corrected chi connectivity index (χ0v) is 13.2. The number of thioether (sulfide) groups is 1. The van der Waals surface area contributed by atoms with Gasteiger partial charge in [0.05, 0.1) is 0 Å². The molecule has 0 bridgehead atoms. The van der Waals surface area contributed by atoms with Crippen LogP contribution in [0.3, 0.4) is 0 Å². The van der Waals surface area contributed by atoms with Crippen molar-refractivity contribution in [1.29, 1.82) is 0 Å². The van der Waals surface area contributed by atoms with E-state index >= 15 is 0 Å². The topological polar surface area (TPSA) is 35.2 Å². The fraction of sp³-hybridized carbons (Fsp3) is 0.250. The third-order valence-corrected chi connectivity index (χ3v) is 3.87. The second-order valence-corrected chi connectivity index (χ2v) is 5.97. The standard InChI is InChI=1S/C16H18ClNOS/c1-11(18)9-12-10-13(17)7-8-14(12)19-15-5-3-4-6-16(15)20-2/h3-8,10-11H,9,18H2,1-2H3. The first-order chi connectivity index (χ1) is 9.60. The third-order valence-electron chi connectivity index (χ3n) is 2.85. The second kappa shape index (κ2) is 7.02. The van der Waals surface area contributed by atoms with Crippen molar-refractivity contribution < 1.29 is 4.74 Å². The summed E-state index contributed by atoms with van der Waals surface area (Å²) in [7, 11) is 0. The largest absolute Gasteiger partial charge is 0.456 e. The van der Waals surface area contributed by atoms with Crippen LogP contribution in [0.2, 0.25) is 5.02 Å². The van der Waals surface area contributed by atoms with Gasteiger partial charge in [-0.25, -0.2) is 0 Å². The molecular formula is C16H18ClNOS. The van der Waals surface area contributed by atoms with E-state index in [4.69, 9.17) is 22.1 Å². The maximum Gasteiger partial charge on any atom is 0.140 e. The van der Waals surface area contributed by atoms with Crippen molar-refractivity contribution in [3.8, 4) is 11.5 Å². The van der Waals surface area contributed by atoms with E-state index in [2.05, 4.69) is 0 Å². The molecule has 0 fully saturated rings. The quantitative estimate of drug-likeness (QED) is 0.810. The molecule has 2 aromatic carbocycles. The monoisotopic (exact) mass is 307 g/mol. The fourth-order valence-electron chi connectivity index (χ4n) is 1.98. The van der Waals surface area contributed by atoms with Crippen molar-refractivity contribution in [3.63, 3.8) is 0 Å². The summed E-state index contributed by atoms with van der Waals surface area (Å²) in [6.45, 7) is 1.97. The molecule has 20 heavy (non-hydrogen) atoms. The number of benzene rings is 2. The first-order valence-corrected chi connectivity index (χ1v) is 8.05. The fourth-order valence-corrected chi connectivity index (χ4v) is 2.70. The maximum absolute atomic E-state index is 6.06. The van der Waals surface area contributed by atoms with E-state index in [9.17, 15) is 0 Å². The van der Waals surface area contributed by atoms with Gasteiger partial charge in [-0.05, 0) is 55.5 Å². The summed E-state index contributed by atoms with van der Waals surface area (Å²) in [6, 6.07) is 13.7. The van der Waals surface area contributed by atoms with E-state index < -0.39 is 0 Å². The highest BCUT2D eigenvalue weighted by Gasteiger charge is 2.10. The van der Waals surface area contributed by atoms with E-state index in [1.165, 1.54) is 0 Å². The average molecular weight is 308 g/mol. The Balaban J connectivity index is 2.33. The lowest BCUT2D eigenvalue weighted by molar-refractivity contribution is 0.463. The van der Waals surface area contributed by atoms with E-state index in [-0.39, 0.29) is 6.04 Å². The summed E-state index contributed by atoms with van der Waals surface area (Å²) < 4.78 is 6.05. The molecule has 1 unspecified atom stereocenters. The summed E-state index contributed by atoms with van der Waals surface area (Å²) in [5.41, 5.74) is 6.92. The Bertz CT molecular complexity index is 586. The summed E-state index contributed by atoms with van der Waals surface area (Å²) >= 11 is 7.72. The lowest BCUT2D eigenvalue weighted by Gasteiger charge is -2.15. The van der Waals surface area contributed by atoms with Gasteiger partial charge in [-0.3, -0.25) is 0 Å². The number of ether oxygens (including phenoxy) is 1. The van der Waals surface area contributed by atoms with Crippen LogP contribution in [0.5, 0.6) is 11.5 Å². The molecule has 0 saturated carbocycles. The second-order valence-electron chi connectivity index (χ2n) is 4.69. The van der Waals surface area contributed by atoms with Gasteiger partial charge in [0.1, 0.15) is 11.5 Å². The lowest BCUT2D eigenvalue weighted by Crippen LogP contribution is -2.18. The minimum atomic E-state index is 0.0617. The molecule has 2 N–H and O–H groups in total. The molecule has 2 aromatic rings. The molecule has 0 saturated heterocycles. The molecule has 0 aromatic heterocycles. The molecule has 0 amide bonds. The number of nitrogens with two attached hydrogens (primary N) is 1. The van der Waals surface area contributed by atoms with Crippen LogP contribution in [-0.2, 0) is 6.42 Å². The van der Waals surface area contributed by atoms with Crippen LogP contribution in [0.25, 0.3) is 0 Å². The van der Waals surface area contributed by atoms with Gasteiger partial charge in [-0.1, -0.05) is 23.7 Å². The van der Waals surface area contributed by atoms with Crippen LogP contribution in [0.15, 0.2) is 47.4 Å². The first kappa shape index (κ1) is 15.2. The number of halogens is 1. The molecule has 0 spiro atoms. The van der Waals surface area contributed by atoms with Crippen LogP contribution in [0.4, 0.5) is 0 Å². The molecule has 0 radical (unpaired) electrons. The number of rotatable bonds is 5. The molecule has 2 nitrogen and oxygen atoms in total. The van der Waals surface area contributed by atoms with Gasteiger partial charge in [0.15, 0.2) is 0 Å². The zero-order valence-electron chi connectivity index (χ0n) is 11.6. The first-order valence-electron chi connectivity index (χ1n) is 6.45. The molecule has 2 rings (SSSR count). The van der Waals surface area contributed by atoms with Crippen LogP contribution >= 0.6 is 23.4 Å². The number of hydrogen-bond donors (Lipinski definition) is 1. The Hall–Kier alpha value is -1.16. The Labute approximate surface area is 129 Å². The van der Waals surface area contributed by atoms with Crippen LogP contribution in [-0.4, -0.2) is 12.3 Å². The predicted molar refractivity (Wildman–Crippen MR) is 87.1 cm³/mol. The van der Waals surface area contributed by atoms with Crippen molar-refractivity contribution in [3.05, 3.63) is 53.1 Å². The van der Waals surface area contributed by atoms with E-state index in [0.717, 1.165) is 28.4 Å². The average Bonchev–Trinajstić information content (AvgIpc) is 2.42. The van der Waals surface area contributed by atoms with Gasteiger partial charge in [0.25, 0.3) is 0 Å². The summed E-state index contributed by atoms with van der Waals surface area (Å²) in [5.74, 6) is 1.67.